The molecule has 12 heavy (non-hydrogen) atoms. The molecule has 0 bridgehead atoms. The first-order chi connectivity index (χ1) is 5.10. The third-order valence-corrected chi connectivity index (χ3v) is 1.54. The maximum atomic E-state index is 9.90. The molecule has 0 aromatic carbocycles. The van der Waals surface area contributed by atoms with Gasteiger partial charge in [0.15, 0.2) is 6.29 Å². The van der Waals surface area contributed by atoms with Crippen molar-refractivity contribution in [2.45, 2.75) is 13.2 Å². The number of hydrogen-bond acceptors (Lipinski definition) is 6. The van der Waals surface area contributed by atoms with Crippen molar-refractivity contribution in [1.82, 2.24) is 0 Å². The first-order valence-corrected chi connectivity index (χ1v) is 5.14. The zero-order valence-electron chi connectivity index (χ0n) is 5.74. The van der Waals surface area contributed by atoms with Gasteiger partial charge in [-0.3, -0.25) is 9.11 Å². The van der Waals surface area contributed by atoms with Crippen molar-refractivity contribution in [2.24, 2.45) is 0 Å². The Morgan fingerprint density at radius 2 is 1.25 bits per heavy atom. The predicted octanol–water partition coefficient (Wildman–Crippen LogP) is -1.03. The van der Waals surface area contributed by atoms with Gasteiger partial charge >= 0.3 is 20.8 Å². The van der Waals surface area contributed by atoms with Crippen LogP contribution in [0.15, 0.2) is 0 Å². The number of rotatable bonds is 4. The molecule has 0 aliphatic rings. The summed E-state index contributed by atoms with van der Waals surface area (Å²) in [6.45, 7) is 0.849. The topological polar surface area (TPSA) is 127 Å². The van der Waals surface area contributed by atoms with Crippen molar-refractivity contribution >= 4 is 20.8 Å². The smallest absolute Gasteiger partial charge is 0.263 e. The molecule has 0 aliphatic heterocycles. The van der Waals surface area contributed by atoms with Gasteiger partial charge in [0.05, 0.1) is 0 Å². The summed E-state index contributed by atoms with van der Waals surface area (Å²) in [6.07, 6.45) is -1.82. The molecule has 0 spiro atoms. The maximum absolute atomic E-state index is 9.90. The van der Waals surface area contributed by atoms with Crippen LogP contribution in [0.4, 0.5) is 0 Å². The Balaban J connectivity index is 4.19. The van der Waals surface area contributed by atoms with E-state index >= 15 is 0 Å². The van der Waals surface area contributed by atoms with Crippen molar-refractivity contribution in [3.63, 3.8) is 0 Å². The molecule has 0 rings (SSSR count). The van der Waals surface area contributed by atoms with Gasteiger partial charge in [0.2, 0.25) is 0 Å². The summed E-state index contributed by atoms with van der Waals surface area (Å²) in [4.78, 5) is 0. The highest BCUT2D eigenvalue weighted by molar-refractivity contribution is 7.81. The molecule has 0 unspecified atom stereocenters. The fourth-order valence-electron chi connectivity index (χ4n) is 0.359. The minimum atomic E-state index is -4.80. The predicted molar refractivity (Wildman–Crippen MR) is 34.7 cm³/mol. The third kappa shape index (κ3) is 7.84. The van der Waals surface area contributed by atoms with Gasteiger partial charge < -0.3 is 0 Å². The highest BCUT2D eigenvalue weighted by atomic mass is 32.3. The molecule has 2 N–H and O–H groups in total. The highest BCUT2D eigenvalue weighted by Crippen LogP contribution is 2.01. The van der Waals surface area contributed by atoms with Gasteiger partial charge in [0, 0.05) is 0 Å². The summed E-state index contributed by atoms with van der Waals surface area (Å²) in [5, 5.41) is 0. The lowest BCUT2D eigenvalue weighted by molar-refractivity contribution is 0.0158. The summed E-state index contributed by atoms with van der Waals surface area (Å²) in [5.74, 6) is 0. The van der Waals surface area contributed by atoms with Crippen molar-refractivity contribution in [1.29, 1.82) is 0 Å². The van der Waals surface area contributed by atoms with Crippen LogP contribution in [0.2, 0.25) is 0 Å². The molecule has 8 nitrogen and oxygen atoms in total. The van der Waals surface area contributed by atoms with Gasteiger partial charge in [-0.1, -0.05) is 0 Å². The number of hydrogen-bond donors (Lipinski definition) is 2. The van der Waals surface area contributed by atoms with E-state index in [1.807, 2.05) is 0 Å². The standard InChI is InChI=1S/C2H6O8S2/c1-2(9-11(3,4)5)10-12(6,7)8/h2H,1H3,(H,3,4,5)(H,6,7,8). The van der Waals surface area contributed by atoms with E-state index in [1.165, 1.54) is 0 Å². The lowest BCUT2D eigenvalue weighted by atomic mass is 10.8. The van der Waals surface area contributed by atoms with E-state index in [9.17, 15) is 16.8 Å². The van der Waals surface area contributed by atoms with Crippen LogP contribution < -0.4 is 0 Å². The molecule has 0 saturated heterocycles. The molecular weight excluding hydrogens is 216 g/mol. The van der Waals surface area contributed by atoms with Crippen molar-refractivity contribution in [3.05, 3.63) is 0 Å². The second-order valence-corrected chi connectivity index (χ2v) is 3.71. The van der Waals surface area contributed by atoms with Crippen LogP contribution in [-0.2, 0) is 29.2 Å². The fourth-order valence-corrected chi connectivity index (χ4v) is 1.17. The Bertz CT molecular complexity index is 288. The molecule has 10 heteroatoms. The zero-order valence-corrected chi connectivity index (χ0v) is 7.37. The maximum Gasteiger partial charge on any atom is 0.399 e. The van der Waals surface area contributed by atoms with Gasteiger partial charge in [-0.05, 0) is 6.92 Å². The van der Waals surface area contributed by atoms with E-state index in [1.54, 1.807) is 0 Å². The average Bonchev–Trinajstić information content (AvgIpc) is 1.49. The quantitative estimate of drug-likeness (QED) is 0.456. The fraction of sp³-hybridized carbons (Fsp3) is 1.00. The Labute approximate surface area is 69.0 Å². The Morgan fingerprint density at radius 3 is 1.42 bits per heavy atom. The van der Waals surface area contributed by atoms with Gasteiger partial charge in [-0.15, -0.1) is 0 Å². The molecule has 0 aliphatic carbocycles. The van der Waals surface area contributed by atoms with E-state index in [4.69, 9.17) is 9.11 Å². The SMILES string of the molecule is CC(OS(=O)(=O)O)OS(=O)(=O)O. The van der Waals surface area contributed by atoms with Gasteiger partial charge in [-0.25, -0.2) is 8.37 Å². The zero-order chi connectivity index (χ0) is 9.99. The second kappa shape index (κ2) is 3.64. The summed E-state index contributed by atoms with van der Waals surface area (Å²) in [7, 11) is -9.59. The molecule has 0 saturated carbocycles. The van der Waals surface area contributed by atoms with Gasteiger partial charge in [0.25, 0.3) is 0 Å². The average molecular weight is 222 g/mol. The Hall–Kier alpha value is -0.260. The highest BCUT2D eigenvalue weighted by Gasteiger charge is 2.18. The molecule has 74 valence electrons. The molecule has 0 heterocycles. The Kier molecular flexibility index (Phi) is 3.56. The van der Waals surface area contributed by atoms with Crippen LogP contribution in [0, 0.1) is 0 Å². The minimum Gasteiger partial charge on any atom is -0.263 e. The van der Waals surface area contributed by atoms with E-state index < -0.39 is 27.1 Å². The van der Waals surface area contributed by atoms with Gasteiger partial charge in [-0.2, -0.15) is 16.8 Å². The summed E-state index contributed by atoms with van der Waals surface area (Å²) >= 11 is 0. The minimum absolute atomic E-state index is 0.849. The normalized spacial score (nSPS) is 13.7. The monoisotopic (exact) mass is 222 g/mol. The van der Waals surface area contributed by atoms with Crippen molar-refractivity contribution in [2.75, 3.05) is 0 Å². The Morgan fingerprint density at radius 1 is 1.00 bits per heavy atom. The lowest BCUT2D eigenvalue weighted by Gasteiger charge is -2.06. The van der Waals surface area contributed by atoms with E-state index in [-0.39, 0.29) is 0 Å². The lowest BCUT2D eigenvalue weighted by Crippen LogP contribution is -2.21. The molecule has 0 amide bonds. The molecular formula is C2H6O8S2. The summed E-state index contributed by atoms with van der Waals surface area (Å²) in [5.41, 5.74) is 0. The first-order valence-electron chi connectivity index (χ1n) is 2.41. The first kappa shape index (κ1) is 11.7. The van der Waals surface area contributed by atoms with Crippen LogP contribution in [0.5, 0.6) is 0 Å². The molecule has 0 aromatic rings. The van der Waals surface area contributed by atoms with Crippen LogP contribution in [0.25, 0.3) is 0 Å². The van der Waals surface area contributed by atoms with Crippen LogP contribution >= 0.6 is 0 Å². The van der Waals surface area contributed by atoms with E-state index in [0.29, 0.717) is 0 Å². The third-order valence-electron chi connectivity index (χ3n) is 0.514. The van der Waals surface area contributed by atoms with Crippen LogP contribution in [0.1, 0.15) is 6.92 Å². The molecule has 0 aromatic heterocycles. The van der Waals surface area contributed by atoms with Crippen molar-refractivity contribution < 1.29 is 34.3 Å². The van der Waals surface area contributed by atoms with Gasteiger partial charge in [0.1, 0.15) is 0 Å². The van der Waals surface area contributed by atoms with E-state index in [2.05, 4.69) is 8.37 Å². The molecule has 0 atom stereocenters. The summed E-state index contributed by atoms with van der Waals surface area (Å²) < 4.78 is 62.7. The second-order valence-electron chi connectivity index (χ2n) is 1.62. The van der Waals surface area contributed by atoms with Crippen molar-refractivity contribution in [3.8, 4) is 0 Å². The van der Waals surface area contributed by atoms with Crippen LogP contribution in [-0.4, -0.2) is 32.2 Å². The van der Waals surface area contributed by atoms with E-state index in [0.717, 1.165) is 6.92 Å². The molecule has 0 radical (unpaired) electrons. The van der Waals surface area contributed by atoms with Crippen LogP contribution in [0.3, 0.4) is 0 Å². The summed E-state index contributed by atoms with van der Waals surface area (Å²) in [6, 6.07) is 0. The molecule has 0 fully saturated rings. The largest absolute Gasteiger partial charge is 0.399 e.